The SMILES string of the molecule is CCOC(=O)c1cc(C(C)(C)C)cc(Cl)n1. The maximum absolute atomic E-state index is 11.5. The van der Waals surface area contributed by atoms with E-state index in [1.165, 1.54) is 0 Å². The Morgan fingerprint density at radius 1 is 1.44 bits per heavy atom. The molecule has 1 aromatic rings. The zero-order valence-corrected chi connectivity index (χ0v) is 10.8. The summed E-state index contributed by atoms with van der Waals surface area (Å²) in [5.41, 5.74) is 1.16. The second-order valence-electron chi connectivity index (χ2n) is 4.53. The summed E-state index contributed by atoms with van der Waals surface area (Å²) in [7, 11) is 0. The first-order valence-electron chi connectivity index (χ1n) is 5.19. The van der Waals surface area contributed by atoms with Crippen LogP contribution >= 0.6 is 11.6 Å². The molecule has 0 N–H and O–H groups in total. The summed E-state index contributed by atoms with van der Waals surface area (Å²) in [6, 6.07) is 3.49. The number of carbonyl (C=O) groups excluding carboxylic acids is 1. The van der Waals surface area contributed by atoms with Gasteiger partial charge in [-0.1, -0.05) is 32.4 Å². The number of hydrogen-bond donors (Lipinski definition) is 0. The van der Waals surface area contributed by atoms with Crippen molar-refractivity contribution < 1.29 is 9.53 Å². The highest BCUT2D eigenvalue weighted by Gasteiger charge is 2.18. The Labute approximate surface area is 101 Å². The van der Waals surface area contributed by atoms with E-state index in [4.69, 9.17) is 16.3 Å². The number of carbonyl (C=O) groups is 1. The van der Waals surface area contributed by atoms with Crippen LogP contribution in [0.25, 0.3) is 0 Å². The quantitative estimate of drug-likeness (QED) is 0.590. The lowest BCUT2D eigenvalue weighted by Gasteiger charge is -2.19. The van der Waals surface area contributed by atoms with Crippen molar-refractivity contribution >= 4 is 17.6 Å². The number of aromatic nitrogens is 1. The van der Waals surface area contributed by atoms with Gasteiger partial charge in [-0.2, -0.15) is 0 Å². The summed E-state index contributed by atoms with van der Waals surface area (Å²) in [4.78, 5) is 15.5. The van der Waals surface area contributed by atoms with Gasteiger partial charge >= 0.3 is 5.97 Å². The maximum Gasteiger partial charge on any atom is 0.356 e. The standard InChI is InChI=1S/C12H16ClNO2/c1-5-16-11(15)9-6-8(12(2,3)4)7-10(13)14-9/h6-7H,5H2,1-4H3. The minimum Gasteiger partial charge on any atom is -0.461 e. The van der Waals surface area contributed by atoms with Crippen LogP contribution in [-0.4, -0.2) is 17.6 Å². The largest absolute Gasteiger partial charge is 0.461 e. The number of esters is 1. The number of hydrogen-bond acceptors (Lipinski definition) is 3. The molecule has 0 bridgehead atoms. The van der Waals surface area contributed by atoms with Gasteiger partial charge in [-0.3, -0.25) is 0 Å². The zero-order valence-electron chi connectivity index (χ0n) is 10.0. The first kappa shape index (κ1) is 13.0. The fourth-order valence-electron chi connectivity index (χ4n) is 1.24. The molecule has 0 fully saturated rings. The van der Waals surface area contributed by atoms with Crippen LogP contribution in [-0.2, 0) is 10.2 Å². The average Bonchev–Trinajstić information content (AvgIpc) is 2.16. The van der Waals surface area contributed by atoms with E-state index in [9.17, 15) is 4.79 Å². The number of rotatable bonds is 2. The number of nitrogens with zero attached hydrogens (tertiary/aromatic N) is 1. The predicted octanol–water partition coefficient (Wildman–Crippen LogP) is 3.21. The van der Waals surface area contributed by atoms with Crippen molar-refractivity contribution in [3.8, 4) is 0 Å². The Morgan fingerprint density at radius 3 is 2.56 bits per heavy atom. The molecule has 1 aromatic heterocycles. The van der Waals surface area contributed by atoms with Crippen LogP contribution in [0.2, 0.25) is 5.15 Å². The van der Waals surface area contributed by atoms with Gasteiger partial charge in [0.1, 0.15) is 10.8 Å². The van der Waals surface area contributed by atoms with Crippen molar-refractivity contribution in [3.63, 3.8) is 0 Å². The molecule has 0 saturated heterocycles. The Bertz CT molecular complexity index is 396. The third kappa shape index (κ3) is 3.20. The Kier molecular flexibility index (Phi) is 3.92. The van der Waals surface area contributed by atoms with E-state index in [1.807, 2.05) is 20.8 Å². The van der Waals surface area contributed by atoms with Crippen molar-refractivity contribution in [1.82, 2.24) is 4.98 Å². The highest BCUT2D eigenvalue weighted by molar-refractivity contribution is 6.29. The molecule has 0 aliphatic heterocycles. The van der Waals surface area contributed by atoms with Gasteiger partial charge in [0.15, 0.2) is 0 Å². The maximum atomic E-state index is 11.5. The van der Waals surface area contributed by atoms with Crippen molar-refractivity contribution in [3.05, 3.63) is 28.5 Å². The van der Waals surface area contributed by atoms with Crippen LogP contribution in [0.15, 0.2) is 12.1 Å². The van der Waals surface area contributed by atoms with Crippen molar-refractivity contribution in [2.75, 3.05) is 6.61 Å². The molecule has 0 atom stereocenters. The molecule has 0 saturated carbocycles. The van der Waals surface area contributed by atoms with Crippen LogP contribution in [0.1, 0.15) is 43.7 Å². The molecule has 3 nitrogen and oxygen atoms in total. The molecule has 0 radical (unpaired) electrons. The van der Waals surface area contributed by atoms with Crippen LogP contribution in [0.5, 0.6) is 0 Å². The summed E-state index contributed by atoms with van der Waals surface area (Å²) in [6.45, 7) is 8.24. The summed E-state index contributed by atoms with van der Waals surface area (Å²) in [5, 5.41) is 0.315. The third-order valence-corrected chi connectivity index (χ3v) is 2.34. The first-order valence-corrected chi connectivity index (χ1v) is 5.57. The van der Waals surface area contributed by atoms with E-state index in [2.05, 4.69) is 4.98 Å². The van der Waals surface area contributed by atoms with Crippen molar-refractivity contribution in [2.24, 2.45) is 0 Å². The Morgan fingerprint density at radius 2 is 2.06 bits per heavy atom. The molecule has 0 aliphatic rings. The smallest absolute Gasteiger partial charge is 0.356 e. The minimum atomic E-state index is -0.435. The molecular weight excluding hydrogens is 226 g/mol. The molecule has 16 heavy (non-hydrogen) atoms. The summed E-state index contributed by atoms with van der Waals surface area (Å²) in [5.74, 6) is -0.435. The molecule has 0 spiro atoms. The van der Waals surface area contributed by atoms with E-state index < -0.39 is 5.97 Å². The molecule has 1 rings (SSSR count). The van der Waals surface area contributed by atoms with Gasteiger partial charge in [0.05, 0.1) is 6.61 Å². The first-order chi connectivity index (χ1) is 7.34. The van der Waals surface area contributed by atoms with Crippen molar-refractivity contribution in [1.29, 1.82) is 0 Å². The van der Waals surface area contributed by atoms with Gasteiger partial charge in [0.25, 0.3) is 0 Å². The average molecular weight is 242 g/mol. The van der Waals surface area contributed by atoms with E-state index in [0.29, 0.717) is 11.8 Å². The van der Waals surface area contributed by atoms with Crippen LogP contribution in [0.3, 0.4) is 0 Å². The lowest BCUT2D eigenvalue weighted by Crippen LogP contribution is -2.14. The lowest BCUT2D eigenvalue weighted by molar-refractivity contribution is 0.0519. The zero-order chi connectivity index (χ0) is 12.3. The topological polar surface area (TPSA) is 39.2 Å². The Balaban J connectivity index is 3.13. The van der Waals surface area contributed by atoms with Gasteiger partial charge in [-0.25, -0.2) is 9.78 Å². The fourth-order valence-corrected chi connectivity index (χ4v) is 1.45. The molecule has 0 aromatic carbocycles. The van der Waals surface area contributed by atoms with Crippen LogP contribution in [0.4, 0.5) is 0 Å². The Hall–Kier alpha value is -1.09. The molecule has 0 aliphatic carbocycles. The molecule has 1 heterocycles. The highest BCUT2D eigenvalue weighted by atomic mass is 35.5. The number of pyridine rings is 1. The van der Waals surface area contributed by atoms with Gasteiger partial charge in [0, 0.05) is 0 Å². The monoisotopic (exact) mass is 241 g/mol. The third-order valence-electron chi connectivity index (χ3n) is 2.14. The summed E-state index contributed by atoms with van der Waals surface area (Å²) < 4.78 is 4.89. The summed E-state index contributed by atoms with van der Waals surface area (Å²) >= 11 is 5.88. The molecule has 0 amide bonds. The number of halogens is 1. The van der Waals surface area contributed by atoms with Crippen LogP contribution in [0, 0.1) is 0 Å². The molecule has 0 unspecified atom stereocenters. The van der Waals surface area contributed by atoms with Gasteiger partial charge in [-0.15, -0.1) is 0 Å². The van der Waals surface area contributed by atoms with Crippen LogP contribution < -0.4 is 0 Å². The fraction of sp³-hybridized carbons (Fsp3) is 0.500. The van der Waals surface area contributed by atoms with E-state index in [0.717, 1.165) is 5.56 Å². The van der Waals surface area contributed by atoms with Gasteiger partial charge in [-0.05, 0) is 30.0 Å². The van der Waals surface area contributed by atoms with E-state index in [1.54, 1.807) is 19.1 Å². The number of ether oxygens (including phenoxy) is 1. The van der Waals surface area contributed by atoms with Gasteiger partial charge in [0.2, 0.25) is 0 Å². The summed E-state index contributed by atoms with van der Waals surface area (Å²) in [6.07, 6.45) is 0. The minimum absolute atomic E-state index is 0.0756. The predicted molar refractivity (Wildman–Crippen MR) is 63.9 cm³/mol. The second-order valence-corrected chi connectivity index (χ2v) is 4.92. The van der Waals surface area contributed by atoms with E-state index >= 15 is 0 Å². The van der Waals surface area contributed by atoms with Gasteiger partial charge < -0.3 is 4.74 Å². The lowest BCUT2D eigenvalue weighted by atomic mass is 9.87. The highest BCUT2D eigenvalue weighted by Crippen LogP contribution is 2.25. The molecular formula is C12H16ClNO2. The second kappa shape index (κ2) is 4.83. The van der Waals surface area contributed by atoms with E-state index in [-0.39, 0.29) is 11.1 Å². The molecule has 4 heteroatoms. The van der Waals surface area contributed by atoms with Crippen molar-refractivity contribution in [2.45, 2.75) is 33.1 Å². The normalized spacial score (nSPS) is 11.3. The molecule has 88 valence electrons.